The average Bonchev–Trinajstić information content (AvgIpc) is 2.20. The summed E-state index contributed by atoms with van der Waals surface area (Å²) in [6.07, 6.45) is 1.47. The van der Waals surface area contributed by atoms with E-state index in [9.17, 15) is 4.79 Å². The number of carbonyl (C=O) groups is 1. The van der Waals surface area contributed by atoms with Gasteiger partial charge in [-0.2, -0.15) is 0 Å². The predicted molar refractivity (Wildman–Crippen MR) is 49.0 cm³/mol. The van der Waals surface area contributed by atoms with Crippen molar-refractivity contribution in [1.82, 2.24) is 0 Å². The molecule has 72 valence electrons. The van der Waals surface area contributed by atoms with Gasteiger partial charge in [-0.3, -0.25) is 0 Å². The van der Waals surface area contributed by atoms with Gasteiger partial charge < -0.3 is 9.47 Å². The van der Waals surface area contributed by atoms with Crippen molar-refractivity contribution in [2.75, 3.05) is 7.11 Å². The Morgan fingerprint density at radius 1 is 1.57 bits per heavy atom. The van der Waals surface area contributed by atoms with E-state index in [-0.39, 0.29) is 11.3 Å². The first-order chi connectivity index (χ1) is 6.69. The molecule has 0 unspecified atom stereocenters. The molecule has 0 N–H and O–H groups in total. The van der Waals surface area contributed by atoms with Gasteiger partial charge in [-0.15, -0.1) is 5.26 Å². The number of rotatable bonds is 2. The van der Waals surface area contributed by atoms with Gasteiger partial charge in [-0.05, 0) is 18.2 Å². The summed E-state index contributed by atoms with van der Waals surface area (Å²) in [4.78, 5) is 11.2. The van der Waals surface area contributed by atoms with Crippen molar-refractivity contribution >= 4 is 17.6 Å². The molecular formula is C9H6ClNO3. The van der Waals surface area contributed by atoms with Gasteiger partial charge in [0.2, 0.25) is 0 Å². The number of halogens is 1. The van der Waals surface area contributed by atoms with Crippen LogP contribution in [0.5, 0.6) is 5.75 Å². The normalized spacial score (nSPS) is 8.93. The quantitative estimate of drug-likeness (QED) is 0.555. The molecule has 0 spiro atoms. The summed E-state index contributed by atoms with van der Waals surface area (Å²) >= 11 is 5.67. The van der Waals surface area contributed by atoms with E-state index in [0.717, 1.165) is 0 Å². The Bertz CT molecular complexity index is 398. The standard InChI is InChI=1S/C9H6ClNO3/c1-13-9(12)7-4-6(10)2-3-8(7)14-5-11/h2-4H,1H3. The molecular weight excluding hydrogens is 206 g/mol. The van der Waals surface area contributed by atoms with Crippen LogP contribution in [0.15, 0.2) is 18.2 Å². The molecule has 1 rings (SSSR count). The van der Waals surface area contributed by atoms with Gasteiger partial charge in [0.05, 0.1) is 7.11 Å². The number of nitrogens with zero attached hydrogens (tertiary/aromatic N) is 1. The zero-order valence-electron chi connectivity index (χ0n) is 7.28. The summed E-state index contributed by atoms with van der Waals surface area (Å²) in [7, 11) is 1.24. The molecule has 0 bridgehead atoms. The minimum Gasteiger partial charge on any atom is -0.465 e. The summed E-state index contributed by atoms with van der Waals surface area (Å²) < 4.78 is 9.05. The molecule has 1 aromatic carbocycles. The van der Waals surface area contributed by atoms with Gasteiger partial charge in [0.1, 0.15) is 5.56 Å². The second-order valence-electron chi connectivity index (χ2n) is 2.33. The zero-order chi connectivity index (χ0) is 10.6. The third-order valence-electron chi connectivity index (χ3n) is 1.50. The number of ether oxygens (including phenoxy) is 2. The Morgan fingerprint density at radius 3 is 2.86 bits per heavy atom. The molecule has 0 atom stereocenters. The van der Waals surface area contributed by atoms with Crippen molar-refractivity contribution in [1.29, 1.82) is 5.26 Å². The largest absolute Gasteiger partial charge is 0.465 e. The van der Waals surface area contributed by atoms with E-state index < -0.39 is 5.97 Å². The maximum absolute atomic E-state index is 11.2. The Hall–Kier alpha value is -1.73. The van der Waals surface area contributed by atoms with E-state index in [4.69, 9.17) is 16.9 Å². The fraction of sp³-hybridized carbons (Fsp3) is 0.111. The topological polar surface area (TPSA) is 59.3 Å². The van der Waals surface area contributed by atoms with Gasteiger partial charge in [0.25, 0.3) is 6.26 Å². The fourth-order valence-electron chi connectivity index (χ4n) is 0.910. The number of benzene rings is 1. The minimum absolute atomic E-state index is 0.126. The van der Waals surface area contributed by atoms with Crippen molar-refractivity contribution in [2.45, 2.75) is 0 Å². The third-order valence-corrected chi connectivity index (χ3v) is 1.74. The summed E-state index contributed by atoms with van der Waals surface area (Å²) in [6.45, 7) is 0. The fourth-order valence-corrected chi connectivity index (χ4v) is 1.08. The minimum atomic E-state index is -0.599. The van der Waals surface area contributed by atoms with Gasteiger partial charge in [0.15, 0.2) is 5.75 Å². The Labute approximate surface area is 85.6 Å². The van der Waals surface area contributed by atoms with Crippen LogP contribution in [0.2, 0.25) is 5.02 Å². The first-order valence-corrected chi connectivity index (χ1v) is 4.00. The van der Waals surface area contributed by atoms with Crippen LogP contribution in [0.25, 0.3) is 0 Å². The second kappa shape index (κ2) is 4.49. The Morgan fingerprint density at radius 2 is 2.29 bits per heavy atom. The molecule has 5 heteroatoms. The lowest BCUT2D eigenvalue weighted by Gasteiger charge is -2.04. The van der Waals surface area contributed by atoms with E-state index in [0.29, 0.717) is 5.02 Å². The van der Waals surface area contributed by atoms with Crippen LogP contribution < -0.4 is 4.74 Å². The average molecular weight is 212 g/mol. The van der Waals surface area contributed by atoms with Gasteiger partial charge >= 0.3 is 5.97 Å². The smallest absolute Gasteiger partial charge is 0.341 e. The summed E-state index contributed by atoms with van der Waals surface area (Å²) in [5, 5.41) is 8.68. The predicted octanol–water partition coefficient (Wildman–Crippen LogP) is 1.99. The molecule has 0 aromatic heterocycles. The lowest BCUT2D eigenvalue weighted by atomic mass is 10.2. The molecule has 0 aliphatic heterocycles. The number of nitriles is 1. The molecule has 0 aliphatic carbocycles. The van der Waals surface area contributed by atoms with E-state index in [1.807, 2.05) is 0 Å². The van der Waals surface area contributed by atoms with Crippen LogP contribution in [-0.2, 0) is 4.74 Å². The Kier molecular flexibility index (Phi) is 3.32. The highest BCUT2D eigenvalue weighted by Crippen LogP contribution is 2.23. The maximum atomic E-state index is 11.2. The van der Waals surface area contributed by atoms with Crippen LogP contribution >= 0.6 is 11.6 Å². The van der Waals surface area contributed by atoms with Gasteiger partial charge in [-0.25, -0.2) is 4.79 Å². The van der Waals surface area contributed by atoms with Crippen molar-refractivity contribution < 1.29 is 14.3 Å². The second-order valence-corrected chi connectivity index (χ2v) is 2.76. The molecule has 0 heterocycles. The SMILES string of the molecule is COC(=O)c1cc(Cl)ccc1OC#N. The van der Waals surface area contributed by atoms with Crippen LogP contribution in [0.4, 0.5) is 0 Å². The molecule has 1 aromatic rings. The van der Waals surface area contributed by atoms with Crippen molar-refractivity contribution in [3.05, 3.63) is 28.8 Å². The highest BCUT2D eigenvalue weighted by molar-refractivity contribution is 6.31. The van der Waals surface area contributed by atoms with E-state index in [2.05, 4.69) is 9.47 Å². The molecule has 14 heavy (non-hydrogen) atoms. The lowest BCUT2D eigenvalue weighted by Crippen LogP contribution is -2.03. The molecule has 4 nitrogen and oxygen atoms in total. The highest BCUT2D eigenvalue weighted by Gasteiger charge is 2.13. The first-order valence-electron chi connectivity index (χ1n) is 3.63. The molecule has 0 saturated heterocycles. The number of esters is 1. The van der Waals surface area contributed by atoms with E-state index in [1.165, 1.54) is 31.6 Å². The summed E-state index contributed by atoms with van der Waals surface area (Å²) in [5.41, 5.74) is 0.126. The van der Waals surface area contributed by atoms with Crippen molar-refractivity contribution in [3.63, 3.8) is 0 Å². The number of carbonyl (C=O) groups excluding carboxylic acids is 1. The lowest BCUT2D eigenvalue weighted by molar-refractivity contribution is 0.0598. The first kappa shape index (κ1) is 10.4. The highest BCUT2D eigenvalue weighted by atomic mass is 35.5. The molecule has 0 aliphatic rings. The summed E-state index contributed by atoms with van der Waals surface area (Å²) in [5.74, 6) is -0.471. The zero-order valence-corrected chi connectivity index (χ0v) is 8.04. The van der Waals surface area contributed by atoms with E-state index in [1.54, 1.807) is 0 Å². The van der Waals surface area contributed by atoms with Crippen LogP contribution in [0.3, 0.4) is 0 Å². The van der Waals surface area contributed by atoms with Crippen molar-refractivity contribution in [2.24, 2.45) is 0 Å². The number of hydrogen-bond acceptors (Lipinski definition) is 4. The monoisotopic (exact) mass is 211 g/mol. The maximum Gasteiger partial charge on any atom is 0.341 e. The van der Waals surface area contributed by atoms with Crippen LogP contribution in [0, 0.1) is 11.5 Å². The molecule has 0 radical (unpaired) electrons. The Balaban J connectivity index is 3.16. The number of hydrogen-bond donors (Lipinski definition) is 0. The molecule has 0 saturated carbocycles. The molecule has 0 amide bonds. The van der Waals surface area contributed by atoms with Gasteiger partial charge in [0, 0.05) is 5.02 Å². The van der Waals surface area contributed by atoms with E-state index >= 15 is 0 Å². The van der Waals surface area contributed by atoms with Crippen LogP contribution in [-0.4, -0.2) is 13.1 Å². The van der Waals surface area contributed by atoms with Crippen LogP contribution in [0.1, 0.15) is 10.4 Å². The summed E-state index contributed by atoms with van der Waals surface area (Å²) in [6, 6.07) is 4.32. The third kappa shape index (κ3) is 2.15. The van der Waals surface area contributed by atoms with Crippen molar-refractivity contribution in [3.8, 4) is 12.0 Å². The van der Waals surface area contributed by atoms with Gasteiger partial charge in [-0.1, -0.05) is 11.6 Å². The molecule has 0 fully saturated rings. The number of methoxy groups -OCH3 is 1.